The number of hydrogen-bond acceptors (Lipinski definition) is 2. The Labute approximate surface area is 98.9 Å². The largest absolute Gasteiger partial charge is 0.421 e. The Morgan fingerprint density at radius 2 is 1.94 bits per heavy atom. The molecular weight excluding hydrogens is 214 g/mol. The van der Waals surface area contributed by atoms with Gasteiger partial charge in [-0.3, -0.25) is 4.79 Å². The molecule has 0 aliphatic carbocycles. The second-order valence-corrected chi connectivity index (χ2v) is 3.87. The molecule has 0 saturated heterocycles. The molecule has 0 amide bonds. The van der Waals surface area contributed by atoms with E-state index in [4.69, 9.17) is 5.39 Å². The number of aromatic amines is 1. The van der Waals surface area contributed by atoms with E-state index in [-0.39, 0.29) is 5.78 Å². The number of nitrogens with one attached hydrogen (secondary N) is 1. The predicted octanol–water partition coefficient (Wildman–Crippen LogP) is 3.68. The summed E-state index contributed by atoms with van der Waals surface area (Å²) >= 11 is 0. The predicted molar refractivity (Wildman–Crippen MR) is 65.7 cm³/mol. The summed E-state index contributed by atoms with van der Waals surface area (Å²) in [6.45, 7) is 3.25. The van der Waals surface area contributed by atoms with Gasteiger partial charge in [0.1, 0.15) is 11.3 Å². The number of nitrogens with zero attached hydrogens (tertiary/aromatic N) is 2. The molecule has 0 radical (unpaired) electrons. The number of benzene rings is 1. The van der Waals surface area contributed by atoms with E-state index in [2.05, 4.69) is 9.96 Å². The van der Waals surface area contributed by atoms with Gasteiger partial charge in [-0.05, 0) is 13.8 Å². The fraction of sp³-hybridized carbons (Fsp3) is 0.154. The number of ketones is 1. The van der Waals surface area contributed by atoms with Crippen molar-refractivity contribution in [1.82, 2.24) is 4.98 Å². The molecular formula is C13H12N3O+. The zero-order valence-corrected chi connectivity index (χ0v) is 9.69. The lowest BCUT2D eigenvalue weighted by Crippen LogP contribution is -1.91. The Hall–Kier alpha value is -2.41. The minimum absolute atomic E-state index is 0.117. The van der Waals surface area contributed by atoms with Gasteiger partial charge in [0.2, 0.25) is 5.39 Å². The number of diazo groups is 1. The van der Waals surface area contributed by atoms with Crippen molar-refractivity contribution in [2.45, 2.75) is 13.8 Å². The number of H-pyrrole nitrogens is 1. The minimum atomic E-state index is -0.117. The van der Waals surface area contributed by atoms with Crippen LogP contribution in [-0.2, 0) is 0 Å². The summed E-state index contributed by atoms with van der Waals surface area (Å²) in [7, 11) is 0. The van der Waals surface area contributed by atoms with Gasteiger partial charge in [-0.25, -0.2) is 0 Å². The Morgan fingerprint density at radius 1 is 1.29 bits per heavy atom. The van der Waals surface area contributed by atoms with E-state index in [1.807, 2.05) is 30.3 Å². The summed E-state index contributed by atoms with van der Waals surface area (Å²) in [6, 6.07) is 9.47. The molecule has 1 heterocycles. The first-order chi connectivity index (χ1) is 8.15. The number of rotatable bonds is 2. The van der Waals surface area contributed by atoms with Gasteiger partial charge in [-0.2, -0.15) is 0 Å². The summed E-state index contributed by atoms with van der Waals surface area (Å²) in [6.07, 6.45) is 0. The molecule has 0 fully saturated rings. The summed E-state index contributed by atoms with van der Waals surface area (Å²) in [5.41, 5.74) is 3.00. The fourth-order valence-electron chi connectivity index (χ4n) is 1.96. The van der Waals surface area contributed by atoms with Crippen molar-refractivity contribution in [2.75, 3.05) is 0 Å². The van der Waals surface area contributed by atoms with Crippen LogP contribution in [0.25, 0.3) is 16.2 Å². The molecule has 84 valence electrons. The first-order valence-corrected chi connectivity index (χ1v) is 5.29. The molecule has 0 atom stereocenters. The lowest BCUT2D eigenvalue weighted by atomic mass is 10.1. The standard InChI is InChI=1S/C13H11N3O/c1-8-11(9(2)17)13(16-14)12(15-8)10-6-4-3-5-7-10/h3-7H,1-2H3/p+1. The van der Waals surface area contributed by atoms with Crippen molar-refractivity contribution in [3.8, 4) is 11.3 Å². The van der Waals surface area contributed by atoms with Crippen LogP contribution in [0, 0.1) is 12.3 Å². The Kier molecular flexibility index (Phi) is 2.75. The highest BCUT2D eigenvalue weighted by atomic mass is 16.1. The van der Waals surface area contributed by atoms with E-state index in [0.29, 0.717) is 22.6 Å². The third-order valence-corrected chi connectivity index (χ3v) is 2.68. The summed E-state index contributed by atoms with van der Waals surface area (Å²) in [4.78, 5) is 17.8. The lowest BCUT2D eigenvalue weighted by Gasteiger charge is -1.93. The summed E-state index contributed by atoms with van der Waals surface area (Å²) < 4.78 is 0. The summed E-state index contributed by atoms with van der Waals surface area (Å²) in [5.74, 6) is -0.117. The van der Waals surface area contributed by atoms with Crippen LogP contribution < -0.4 is 0 Å². The van der Waals surface area contributed by atoms with Crippen LogP contribution in [0.15, 0.2) is 30.3 Å². The van der Waals surface area contributed by atoms with Crippen molar-refractivity contribution in [3.05, 3.63) is 46.6 Å². The van der Waals surface area contributed by atoms with Gasteiger partial charge < -0.3 is 4.98 Å². The van der Waals surface area contributed by atoms with Crippen molar-refractivity contribution in [1.29, 1.82) is 5.39 Å². The highest BCUT2D eigenvalue weighted by molar-refractivity contribution is 6.04. The van der Waals surface area contributed by atoms with Gasteiger partial charge in [-0.1, -0.05) is 30.3 Å². The average molecular weight is 226 g/mol. The lowest BCUT2D eigenvalue weighted by molar-refractivity contribution is 0.101. The van der Waals surface area contributed by atoms with Gasteiger partial charge in [0.05, 0.1) is 0 Å². The van der Waals surface area contributed by atoms with Gasteiger partial charge >= 0.3 is 5.69 Å². The molecule has 1 aromatic carbocycles. The van der Waals surface area contributed by atoms with Crippen molar-refractivity contribution in [2.24, 2.45) is 0 Å². The van der Waals surface area contributed by atoms with Crippen molar-refractivity contribution < 1.29 is 4.79 Å². The van der Waals surface area contributed by atoms with Crippen LogP contribution in [0.4, 0.5) is 5.69 Å². The van der Waals surface area contributed by atoms with Crippen LogP contribution in [0.2, 0.25) is 0 Å². The maximum Gasteiger partial charge on any atom is 0.421 e. The van der Waals surface area contributed by atoms with Crippen LogP contribution >= 0.6 is 0 Å². The van der Waals surface area contributed by atoms with Gasteiger partial charge in [0, 0.05) is 11.3 Å². The topological polar surface area (TPSA) is 61.0 Å². The van der Waals surface area contributed by atoms with E-state index in [1.54, 1.807) is 6.92 Å². The molecule has 2 rings (SSSR count). The van der Waals surface area contributed by atoms with Gasteiger partial charge in [-0.15, -0.1) is 0 Å². The van der Waals surface area contributed by atoms with E-state index in [0.717, 1.165) is 5.56 Å². The Morgan fingerprint density at radius 3 is 2.47 bits per heavy atom. The molecule has 0 aliphatic heterocycles. The highest BCUT2D eigenvalue weighted by Gasteiger charge is 2.29. The van der Waals surface area contributed by atoms with E-state index >= 15 is 0 Å². The van der Waals surface area contributed by atoms with Crippen LogP contribution in [-0.4, -0.2) is 10.8 Å². The SMILES string of the molecule is CC(=O)c1c(C)[nH]c(-c2ccccc2)c1[N+]#N. The molecule has 0 spiro atoms. The van der Waals surface area contributed by atoms with Crippen molar-refractivity contribution in [3.63, 3.8) is 0 Å². The van der Waals surface area contributed by atoms with Crippen LogP contribution in [0.5, 0.6) is 0 Å². The molecule has 1 N–H and O–H groups in total. The normalized spacial score (nSPS) is 9.94. The third-order valence-electron chi connectivity index (χ3n) is 2.68. The number of hydrogen-bond donors (Lipinski definition) is 1. The zero-order valence-electron chi connectivity index (χ0n) is 9.69. The number of Topliss-reactive ketones (excluding diaryl/α,β-unsaturated/α-hetero) is 1. The van der Waals surface area contributed by atoms with Crippen LogP contribution in [0.1, 0.15) is 23.0 Å². The quantitative estimate of drug-likeness (QED) is 0.627. The monoisotopic (exact) mass is 226 g/mol. The Bertz CT molecular complexity index is 606. The first-order valence-electron chi connectivity index (χ1n) is 5.29. The Balaban J connectivity index is 2.70. The number of carbonyl (C=O) groups excluding carboxylic acids is 1. The zero-order chi connectivity index (χ0) is 12.4. The smallest absolute Gasteiger partial charge is 0.351 e. The molecule has 2 aromatic rings. The van der Waals surface area contributed by atoms with Crippen molar-refractivity contribution >= 4 is 11.5 Å². The highest BCUT2D eigenvalue weighted by Crippen LogP contribution is 2.35. The van der Waals surface area contributed by atoms with E-state index in [9.17, 15) is 4.79 Å². The second-order valence-electron chi connectivity index (χ2n) is 3.87. The summed E-state index contributed by atoms with van der Waals surface area (Å²) in [5, 5.41) is 9.08. The maximum atomic E-state index is 11.5. The first kappa shape index (κ1) is 11.1. The number of aromatic nitrogens is 1. The van der Waals surface area contributed by atoms with Gasteiger partial charge in [0.25, 0.3) is 0 Å². The molecule has 0 unspecified atom stereocenters. The molecule has 0 aliphatic rings. The van der Waals surface area contributed by atoms with E-state index < -0.39 is 0 Å². The fourth-order valence-corrected chi connectivity index (χ4v) is 1.96. The molecule has 4 heteroatoms. The van der Waals surface area contributed by atoms with Gasteiger partial charge in [0.15, 0.2) is 10.8 Å². The molecule has 0 saturated carbocycles. The number of carbonyl (C=O) groups is 1. The second kappa shape index (κ2) is 4.22. The minimum Gasteiger partial charge on any atom is -0.351 e. The number of aryl methyl sites for hydroxylation is 1. The van der Waals surface area contributed by atoms with Crippen LogP contribution in [0.3, 0.4) is 0 Å². The molecule has 4 nitrogen and oxygen atoms in total. The van der Waals surface area contributed by atoms with E-state index in [1.165, 1.54) is 6.92 Å². The molecule has 17 heavy (non-hydrogen) atoms. The average Bonchev–Trinajstić information content (AvgIpc) is 2.67. The molecule has 0 bridgehead atoms. The molecule has 1 aromatic heterocycles. The maximum absolute atomic E-state index is 11.5. The third kappa shape index (κ3) is 1.83.